The fourth-order valence-electron chi connectivity index (χ4n) is 1.08. The van der Waals surface area contributed by atoms with E-state index in [-0.39, 0.29) is 6.61 Å². The normalized spacial score (nSPS) is 12.1. The summed E-state index contributed by atoms with van der Waals surface area (Å²) in [5, 5.41) is 16.2. The molecule has 0 aliphatic carbocycles. The second-order valence-electron chi connectivity index (χ2n) is 3.33. The van der Waals surface area contributed by atoms with Gasteiger partial charge in [-0.2, -0.15) is 15.5 Å². The number of azo groups is 1. The lowest BCUT2D eigenvalue weighted by Crippen LogP contribution is -2.19. The van der Waals surface area contributed by atoms with Crippen LogP contribution in [0.1, 0.15) is 12.5 Å². The Balaban J connectivity index is 2.71. The molecule has 0 fully saturated rings. The highest BCUT2D eigenvalue weighted by atomic mass is 16.5. The van der Waals surface area contributed by atoms with E-state index in [0.29, 0.717) is 5.69 Å². The molecule has 1 aromatic rings. The van der Waals surface area contributed by atoms with E-state index < -0.39 is 12.0 Å². The van der Waals surface area contributed by atoms with Crippen molar-refractivity contribution in [2.45, 2.75) is 19.9 Å². The Morgan fingerprint density at radius 1 is 1.47 bits per heavy atom. The molecule has 0 heterocycles. The Labute approximate surface area is 99.7 Å². The molecule has 0 spiro atoms. The first-order chi connectivity index (χ1) is 8.17. The molecule has 1 unspecified atom stereocenters. The summed E-state index contributed by atoms with van der Waals surface area (Å²) in [7, 11) is 0. The monoisotopic (exact) mass is 231 g/mol. The van der Waals surface area contributed by atoms with Crippen molar-refractivity contribution in [2.24, 2.45) is 10.2 Å². The SMILES string of the molecule is CCOC(=O)C(C#N)N=Nc1ccc(C)cc1. The van der Waals surface area contributed by atoms with Gasteiger partial charge in [-0.25, -0.2) is 4.79 Å². The molecule has 0 aliphatic rings. The summed E-state index contributed by atoms with van der Waals surface area (Å²) < 4.78 is 4.69. The number of carbonyl (C=O) groups is 1. The van der Waals surface area contributed by atoms with Gasteiger partial charge in [0.25, 0.3) is 6.04 Å². The van der Waals surface area contributed by atoms with E-state index >= 15 is 0 Å². The largest absolute Gasteiger partial charge is 0.464 e. The molecule has 0 radical (unpaired) electrons. The van der Waals surface area contributed by atoms with Crippen molar-refractivity contribution in [3.8, 4) is 6.07 Å². The van der Waals surface area contributed by atoms with E-state index in [1.165, 1.54) is 0 Å². The summed E-state index contributed by atoms with van der Waals surface area (Å²) in [5.74, 6) is -0.675. The van der Waals surface area contributed by atoms with Crippen LogP contribution in [0.15, 0.2) is 34.5 Å². The Hall–Kier alpha value is -2.22. The smallest absolute Gasteiger partial charge is 0.347 e. The van der Waals surface area contributed by atoms with Crippen LogP contribution in [0.25, 0.3) is 0 Å². The number of benzene rings is 1. The van der Waals surface area contributed by atoms with Crippen molar-refractivity contribution < 1.29 is 9.53 Å². The number of nitriles is 1. The number of hydrogen-bond donors (Lipinski definition) is 0. The first kappa shape index (κ1) is 12.8. The van der Waals surface area contributed by atoms with Gasteiger partial charge < -0.3 is 4.74 Å². The first-order valence-corrected chi connectivity index (χ1v) is 5.21. The van der Waals surface area contributed by atoms with Crippen LogP contribution in [0.4, 0.5) is 5.69 Å². The topological polar surface area (TPSA) is 74.8 Å². The van der Waals surface area contributed by atoms with Crippen molar-refractivity contribution in [2.75, 3.05) is 6.61 Å². The molecule has 0 saturated carbocycles. The predicted octanol–water partition coefficient (Wildman–Crippen LogP) is 2.53. The van der Waals surface area contributed by atoms with E-state index in [1.54, 1.807) is 25.1 Å². The standard InChI is InChI=1S/C12H13N3O2/c1-3-17-12(16)11(8-13)15-14-10-6-4-9(2)5-7-10/h4-7,11H,3H2,1-2H3. The summed E-state index contributed by atoms with van der Waals surface area (Å²) in [5.41, 5.74) is 1.70. The predicted molar refractivity (Wildman–Crippen MR) is 61.7 cm³/mol. The summed E-state index contributed by atoms with van der Waals surface area (Å²) in [6.07, 6.45) is 0. The lowest BCUT2D eigenvalue weighted by atomic mass is 10.2. The third-order valence-corrected chi connectivity index (χ3v) is 1.95. The van der Waals surface area contributed by atoms with Crippen molar-refractivity contribution in [1.82, 2.24) is 0 Å². The summed E-state index contributed by atoms with van der Waals surface area (Å²) >= 11 is 0. The molecular formula is C12H13N3O2. The number of nitrogens with zero attached hydrogens (tertiary/aromatic N) is 3. The maximum absolute atomic E-state index is 11.3. The van der Waals surface area contributed by atoms with Crippen molar-refractivity contribution in [1.29, 1.82) is 5.26 Å². The number of carbonyl (C=O) groups excluding carboxylic acids is 1. The minimum atomic E-state index is -1.20. The van der Waals surface area contributed by atoms with Gasteiger partial charge in [0.1, 0.15) is 6.07 Å². The molecule has 0 N–H and O–H groups in total. The number of esters is 1. The zero-order valence-electron chi connectivity index (χ0n) is 9.75. The lowest BCUT2D eigenvalue weighted by molar-refractivity contribution is -0.143. The average molecular weight is 231 g/mol. The molecule has 0 amide bonds. The number of ether oxygens (including phenoxy) is 1. The van der Waals surface area contributed by atoms with Gasteiger partial charge in [0.2, 0.25) is 0 Å². The van der Waals surface area contributed by atoms with E-state index in [2.05, 4.69) is 15.0 Å². The first-order valence-electron chi connectivity index (χ1n) is 5.21. The fraction of sp³-hybridized carbons (Fsp3) is 0.333. The van der Waals surface area contributed by atoms with Gasteiger partial charge >= 0.3 is 5.97 Å². The van der Waals surface area contributed by atoms with Crippen LogP contribution >= 0.6 is 0 Å². The highest BCUT2D eigenvalue weighted by Gasteiger charge is 2.17. The van der Waals surface area contributed by atoms with Gasteiger partial charge in [-0.1, -0.05) is 17.7 Å². The van der Waals surface area contributed by atoms with Crippen LogP contribution in [-0.2, 0) is 9.53 Å². The molecular weight excluding hydrogens is 218 g/mol. The third-order valence-electron chi connectivity index (χ3n) is 1.95. The molecule has 0 bridgehead atoms. The van der Waals surface area contributed by atoms with Crippen LogP contribution in [0, 0.1) is 18.3 Å². The Morgan fingerprint density at radius 2 is 2.12 bits per heavy atom. The third kappa shape index (κ3) is 4.03. The maximum Gasteiger partial charge on any atom is 0.347 e. The van der Waals surface area contributed by atoms with E-state index in [4.69, 9.17) is 5.26 Å². The molecule has 17 heavy (non-hydrogen) atoms. The highest BCUT2D eigenvalue weighted by molar-refractivity contribution is 5.78. The zero-order chi connectivity index (χ0) is 12.7. The van der Waals surface area contributed by atoms with Gasteiger partial charge in [0.05, 0.1) is 12.3 Å². The zero-order valence-corrected chi connectivity index (χ0v) is 9.75. The van der Waals surface area contributed by atoms with Crippen LogP contribution in [-0.4, -0.2) is 18.6 Å². The van der Waals surface area contributed by atoms with Crippen LogP contribution in [0.2, 0.25) is 0 Å². The molecule has 5 heteroatoms. The molecule has 1 rings (SSSR count). The van der Waals surface area contributed by atoms with Crippen LogP contribution < -0.4 is 0 Å². The molecule has 1 aromatic carbocycles. The van der Waals surface area contributed by atoms with E-state index in [9.17, 15) is 4.79 Å². The van der Waals surface area contributed by atoms with Crippen molar-refractivity contribution >= 4 is 11.7 Å². The fourth-order valence-corrected chi connectivity index (χ4v) is 1.08. The Morgan fingerprint density at radius 3 is 2.65 bits per heavy atom. The number of aryl methyl sites for hydroxylation is 1. The van der Waals surface area contributed by atoms with Gasteiger partial charge in [0, 0.05) is 0 Å². The second kappa shape index (κ2) is 6.38. The minimum Gasteiger partial charge on any atom is -0.464 e. The van der Waals surface area contributed by atoms with Crippen molar-refractivity contribution in [3.05, 3.63) is 29.8 Å². The van der Waals surface area contributed by atoms with Crippen LogP contribution in [0.5, 0.6) is 0 Å². The minimum absolute atomic E-state index is 0.219. The quantitative estimate of drug-likeness (QED) is 0.590. The summed E-state index contributed by atoms with van der Waals surface area (Å²) in [6.45, 7) is 3.85. The summed E-state index contributed by atoms with van der Waals surface area (Å²) in [4.78, 5) is 11.3. The highest BCUT2D eigenvalue weighted by Crippen LogP contribution is 2.13. The average Bonchev–Trinajstić information content (AvgIpc) is 2.32. The number of rotatable bonds is 4. The van der Waals surface area contributed by atoms with Gasteiger partial charge in [0.15, 0.2) is 0 Å². The van der Waals surface area contributed by atoms with Crippen LogP contribution in [0.3, 0.4) is 0 Å². The van der Waals surface area contributed by atoms with E-state index in [0.717, 1.165) is 5.56 Å². The number of hydrogen-bond acceptors (Lipinski definition) is 5. The second-order valence-corrected chi connectivity index (χ2v) is 3.33. The van der Waals surface area contributed by atoms with E-state index in [1.807, 2.05) is 19.1 Å². The van der Waals surface area contributed by atoms with Gasteiger partial charge in [-0.3, -0.25) is 0 Å². The maximum atomic E-state index is 11.3. The Bertz CT molecular complexity index is 446. The molecule has 1 atom stereocenters. The molecule has 5 nitrogen and oxygen atoms in total. The lowest BCUT2D eigenvalue weighted by Gasteiger charge is -2.01. The van der Waals surface area contributed by atoms with Gasteiger partial charge in [-0.05, 0) is 26.0 Å². The molecule has 0 aromatic heterocycles. The van der Waals surface area contributed by atoms with Gasteiger partial charge in [-0.15, -0.1) is 0 Å². The molecule has 0 saturated heterocycles. The van der Waals surface area contributed by atoms with Crippen molar-refractivity contribution in [3.63, 3.8) is 0 Å². The molecule has 0 aliphatic heterocycles. The summed E-state index contributed by atoms with van der Waals surface area (Å²) in [6, 6.07) is 7.81. The molecule has 88 valence electrons. The Kier molecular flexibility index (Phi) is 4.82.